The van der Waals surface area contributed by atoms with Gasteiger partial charge in [-0.15, -0.1) is 0 Å². The van der Waals surface area contributed by atoms with Crippen molar-refractivity contribution in [3.8, 4) is 0 Å². The van der Waals surface area contributed by atoms with Crippen LogP contribution in [0.15, 0.2) is 24.5 Å². The fourth-order valence-electron chi connectivity index (χ4n) is 2.27. The van der Waals surface area contributed by atoms with E-state index in [0.29, 0.717) is 0 Å². The van der Waals surface area contributed by atoms with Crippen molar-refractivity contribution < 1.29 is 9.31 Å². The molecule has 7 heteroatoms. The van der Waals surface area contributed by atoms with E-state index in [1.165, 1.54) is 0 Å². The van der Waals surface area contributed by atoms with Gasteiger partial charge in [0.05, 0.1) is 11.2 Å². The van der Waals surface area contributed by atoms with Crippen molar-refractivity contribution >= 4 is 53.9 Å². The van der Waals surface area contributed by atoms with Crippen molar-refractivity contribution in [3.05, 3.63) is 24.5 Å². The van der Waals surface area contributed by atoms with Crippen LogP contribution in [-0.2, 0) is 9.31 Å². The minimum Gasteiger partial charge on any atom is -0.399 e. The molecule has 0 amide bonds. The first-order chi connectivity index (χ1) is 10.4. The van der Waals surface area contributed by atoms with Gasteiger partial charge in [0.15, 0.2) is 0 Å². The largest absolute Gasteiger partial charge is 0.497 e. The number of pyridine rings is 1. The highest BCUT2D eigenvalue weighted by atomic mass is 127. The predicted molar refractivity (Wildman–Crippen MR) is 104 cm³/mol. The van der Waals surface area contributed by atoms with Gasteiger partial charge < -0.3 is 9.31 Å². The Labute approximate surface area is 149 Å². The second kappa shape index (κ2) is 6.71. The Morgan fingerprint density at radius 3 is 2.32 bits per heavy atom. The summed E-state index contributed by atoms with van der Waals surface area (Å²) in [6.07, 6.45) is 3.86. The topological polar surface area (TPSA) is 36.3 Å². The summed E-state index contributed by atoms with van der Waals surface area (Å²) in [5.41, 5.74) is 1.32. The average molecular weight is 432 g/mol. The molecule has 22 heavy (non-hydrogen) atoms. The normalized spacial score (nSPS) is 19.1. The van der Waals surface area contributed by atoms with Crippen molar-refractivity contribution in [2.45, 2.75) is 52.7 Å². The van der Waals surface area contributed by atoms with Gasteiger partial charge in [0.2, 0.25) is 0 Å². The van der Waals surface area contributed by atoms with Crippen molar-refractivity contribution in [2.24, 2.45) is 0 Å². The first-order valence-electron chi connectivity index (χ1n) is 7.46. The Kier molecular flexibility index (Phi) is 5.52. The van der Waals surface area contributed by atoms with E-state index in [0.717, 1.165) is 16.5 Å². The Bertz CT molecular complexity index is 644. The summed E-state index contributed by atoms with van der Waals surface area (Å²) in [7, 11) is 1.24. The van der Waals surface area contributed by atoms with Gasteiger partial charge >= 0.3 is 7.12 Å². The smallest absolute Gasteiger partial charge is 0.399 e. The van der Waals surface area contributed by atoms with E-state index in [2.05, 4.69) is 66.1 Å². The summed E-state index contributed by atoms with van der Waals surface area (Å²) in [6, 6.07) is 4.01. The van der Waals surface area contributed by atoms with Crippen LogP contribution in [0.5, 0.6) is 0 Å². The molecule has 0 radical (unpaired) electrons. The maximum atomic E-state index is 6.14. The highest BCUT2D eigenvalue weighted by molar-refractivity contribution is 14.2. The highest BCUT2D eigenvalue weighted by Gasteiger charge is 2.52. The molecule has 1 saturated heterocycles. The van der Waals surface area contributed by atoms with Crippen LogP contribution in [0, 0.1) is 0 Å². The molecule has 0 saturated carbocycles. The Morgan fingerprint density at radius 2 is 1.77 bits per heavy atom. The zero-order chi connectivity index (χ0) is 16.5. The second-order valence-corrected chi connectivity index (χ2v) is 7.66. The Morgan fingerprint density at radius 1 is 1.18 bits per heavy atom. The molecule has 0 spiro atoms. The molecule has 1 aliphatic heterocycles. The SMILES string of the molecule is CC.CC1(C)OB(c2cn(SI)c3ncccc23)OC1(C)C. The van der Waals surface area contributed by atoms with E-state index in [1.54, 1.807) is 15.3 Å². The monoisotopic (exact) mass is 432 g/mol. The van der Waals surface area contributed by atoms with Gasteiger partial charge in [0, 0.05) is 53.6 Å². The standard InChI is InChI=1S/C13H16BIN2O2S.C2H6/c1-12(2)13(3,4)19-14(18-12)10-8-17(20-15)11-9(10)6-5-7-16-11;1-2/h5-8H,1-4H3;1-2H3. The van der Waals surface area contributed by atoms with E-state index in [1.807, 2.05) is 23.9 Å². The van der Waals surface area contributed by atoms with Crippen molar-refractivity contribution in [1.82, 2.24) is 8.96 Å². The molecule has 2 aromatic rings. The number of fused-ring (bicyclic) bond motifs is 1. The summed E-state index contributed by atoms with van der Waals surface area (Å²) < 4.78 is 14.3. The van der Waals surface area contributed by atoms with Crippen molar-refractivity contribution in [2.75, 3.05) is 0 Å². The molecule has 3 rings (SSSR count). The Balaban J connectivity index is 0.000000847. The molecule has 0 aromatic carbocycles. The first-order valence-corrected chi connectivity index (χ1v) is 10.8. The second-order valence-electron chi connectivity index (χ2n) is 5.94. The van der Waals surface area contributed by atoms with E-state index in [4.69, 9.17) is 9.31 Å². The van der Waals surface area contributed by atoms with E-state index in [9.17, 15) is 0 Å². The first kappa shape index (κ1) is 18.1. The van der Waals surface area contributed by atoms with Crippen LogP contribution in [0.25, 0.3) is 11.0 Å². The average Bonchev–Trinajstić information content (AvgIpc) is 2.96. The maximum Gasteiger partial charge on any atom is 0.497 e. The quantitative estimate of drug-likeness (QED) is 0.527. The number of aromatic nitrogens is 2. The fourth-order valence-corrected chi connectivity index (χ4v) is 3.53. The van der Waals surface area contributed by atoms with Gasteiger partial charge in [-0.2, -0.15) is 0 Å². The number of rotatable bonds is 2. The van der Waals surface area contributed by atoms with Gasteiger partial charge in [0.1, 0.15) is 5.65 Å². The number of hydrogen-bond donors (Lipinski definition) is 0. The lowest BCUT2D eigenvalue weighted by Crippen LogP contribution is -2.41. The molecule has 1 fully saturated rings. The van der Waals surface area contributed by atoms with Crippen LogP contribution in [0.3, 0.4) is 0 Å². The lowest BCUT2D eigenvalue weighted by Gasteiger charge is -2.32. The predicted octanol–water partition coefficient (Wildman–Crippen LogP) is 4.21. The van der Waals surface area contributed by atoms with Gasteiger partial charge in [-0.25, -0.2) is 4.98 Å². The van der Waals surface area contributed by atoms with Crippen LogP contribution in [-0.4, -0.2) is 27.3 Å². The minimum atomic E-state index is -0.350. The molecule has 2 aromatic heterocycles. The zero-order valence-electron chi connectivity index (χ0n) is 13.9. The number of nitrogens with zero attached hydrogens (tertiary/aromatic N) is 2. The summed E-state index contributed by atoms with van der Waals surface area (Å²) in [5, 5.41) is 1.08. The number of halogens is 1. The van der Waals surface area contributed by atoms with Gasteiger partial charge in [0.25, 0.3) is 0 Å². The summed E-state index contributed by atoms with van der Waals surface area (Å²) in [4.78, 5) is 4.44. The summed E-state index contributed by atoms with van der Waals surface area (Å²) in [5.74, 6) is 0. The van der Waals surface area contributed by atoms with Crippen LogP contribution in [0.2, 0.25) is 0 Å². The van der Waals surface area contributed by atoms with Gasteiger partial charge in [-0.1, -0.05) is 13.8 Å². The van der Waals surface area contributed by atoms with Crippen molar-refractivity contribution in [1.29, 1.82) is 0 Å². The zero-order valence-corrected chi connectivity index (χ0v) is 16.9. The van der Waals surface area contributed by atoms with Crippen LogP contribution < -0.4 is 5.46 Å². The molecule has 120 valence electrons. The Hall–Kier alpha value is -0.245. The summed E-state index contributed by atoms with van der Waals surface area (Å²) in [6.45, 7) is 12.3. The summed E-state index contributed by atoms with van der Waals surface area (Å²) >= 11 is 2.25. The highest BCUT2D eigenvalue weighted by Crippen LogP contribution is 2.37. The molecule has 4 nitrogen and oxygen atoms in total. The van der Waals surface area contributed by atoms with Gasteiger partial charge in [-0.05, 0) is 39.8 Å². The third-order valence-corrected chi connectivity index (χ3v) is 5.84. The molecular weight excluding hydrogens is 410 g/mol. The number of hydrogen-bond acceptors (Lipinski definition) is 4. The maximum absolute atomic E-state index is 6.14. The third kappa shape index (κ3) is 3.05. The lowest BCUT2D eigenvalue weighted by molar-refractivity contribution is 0.00578. The van der Waals surface area contributed by atoms with Gasteiger partial charge in [-0.3, -0.25) is 3.97 Å². The molecule has 0 atom stereocenters. The third-order valence-electron chi connectivity index (χ3n) is 4.14. The van der Waals surface area contributed by atoms with E-state index in [-0.39, 0.29) is 18.3 Å². The molecular formula is C15H22BIN2O2S. The van der Waals surface area contributed by atoms with Crippen LogP contribution in [0.4, 0.5) is 0 Å². The lowest BCUT2D eigenvalue weighted by atomic mass is 9.79. The molecule has 0 unspecified atom stereocenters. The molecule has 0 N–H and O–H groups in total. The molecule has 0 aliphatic carbocycles. The van der Waals surface area contributed by atoms with Crippen LogP contribution >= 0.6 is 30.3 Å². The molecule has 1 aliphatic rings. The van der Waals surface area contributed by atoms with Crippen molar-refractivity contribution in [3.63, 3.8) is 0 Å². The molecule has 0 bridgehead atoms. The minimum absolute atomic E-state index is 0.328. The van der Waals surface area contributed by atoms with E-state index >= 15 is 0 Å². The van der Waals surface area contributed by atoms with E-state index < -0.39 is 0 Å². The fraction of sp³-hybridized carbons (Fsp3) is 0.533. The van der Waals surface area contributed by atoms with Crippen LogP contribution in [0.1, 0.15) is 41.5 Å². The molecule has 3 heterocycles.